The molecule has 0 saturated carbocycles. The molecule has 0 radical (unpaired) electrons. The lowest BCUT2D eigenvalue weighted by atomic mass is 10.2. The number of anilines is 1. The molecule has 2 N–H and O–H groups in total. The van der Waals surface area contributed by atoms with E-state index in [2.05, 4.69) is 10.5 Å². The molecule has 1 heterocycles. The molecule has 0 unspecified atom stereocenters. The Hall–Kier alpha value is -2.88. The zero-order valence-corrected chi connectivity index (χ0v) is 10.7. The van der Waals surface area contributed by atoms with Crippen molar-refractivity contribution in [3.05, 3.63) is 71.8 Å². The molecule has 4 heteroatoms. The van der Waals surface area contributed by atoms with Gasteiger partial charge in [-0.2, -0.15) is 5.10 Å². The van der Waals surface area contributed by atoms with Crippen LogP contribution >= 0.6 is 0 Å². The first-order valence-corrected chi connectivity index (χ1v) is 6.10. The number of fused-ring (bicyclic) bond motifs is 1. The van der Waals surface area contributed by atoms with Crippen LogP contribution in [0.25, 0.3) is 6.08 Å². The molecule has 0 spiro atoms. The SMILES string of the molecule is C1=Cc2ccccc2NN=C1.O=C(O)c1ccccc1. The Labute approximate surface area is 117 Å². The van der Waals surface area contributed by atoms with Gasteiger partial charge in [-0.05, 0) is 29.8 Å². The summed E-state index contributed by atoms with van der Waals surface area (Å²) >= 11 is 0. The Kier molecular flexibility index (Phi) is 4.67. The van der Waals surface area contributed by atoms with E-state index in [-0.39, 0.29) is 0 Å². The number of hydrogen-bond donors (Lipinski definition) is 2. The van der Waals surface area contributed by atoms with Gasteiger partial charge in [-0.25, -0.2) is 4.79 Å². The van der Waals surface area contributed by atoms with Gasteiger partial charge in [0.2, 0.25) is 0 Å². The first-order chi connectivity index (χ1) is 9.77. The van der Waals surface area contributed by atoms with Gasteiger partial charge in [0, 0.05) is 6.21 Å². The van der Waals surface area contributed by atoms with Gasteiger partial charge in [0.05, 0.1) is 11.3 Å². The van der Waals surface area contributed by atoms with E-state index >= 15 is 0 Å². The van der Waals surface area contributed by atoms with Crippen LogP contribution in [0.4, 0.5) is 5.69 Å². The summed E-state index contributed by atoms with van der Waals surface area (Å²) < 4.78 is 0. The number of nitrogens with zero attached hydrogens (tertiary/aromatic N) is 1. The van der Waals surface area contributed by atoms with Crippen molar-refractivity contribution in [2.45, 2.75) is 0 Å². The predicted octanol–water partition coefficient (Wildman–Crippen LogP) is 3.50. The lowest BCUT2D eigenvalue weighted by molar-refractivity contribution is 0.0697. The number of benzene rings is 2. The van der Waals surface area contributed by atoms with Crippen molar-refractivity contribution in [2.75, 3.05) is 5.43 Å². The van der Waals surface area contributed by atoms with E-state index in [1.807, 2.05) is 36.4 Å². The monoisotopic (exact) mass is 266 g/mol. The van der Waals surface area contributed by atoms with Gasteiger partial charge in [-0.1, -0.05) is 42.5 Å². The zero-order valence-electron chi connectivity index (χ0n) is 10.7. The standard InChI is InChI=1S/C9H8N2.C7H6O2/c1-2-6-9-8(4-1)5-3-7-10-11-9;8-7(9)6-4-2-1-3-5-6/h1-7,11H;1-5H,(H,8,9). The average molecular weight is 266 g/mol. The fourth-order valence-electron chi connectivity index (χ4n) is 1.62. The molecule has 0 bridgehead atoms. The number of allylic oxidation sites excluding steroid dienone is 1. The smallest absolute Gasteiger partial charge is 0.335 e. The maximum atomic E-state index is 10.2. The van der Waals surface area contributed by atoms with Crippen LogP contribution in [-0.4, -0.2) is 17.3 Å². The largest absolute Gasteiger partial charge is 0.478 e. The van der Waals surface area contributed by atoms with Crippen LogP contribution in [0, 0.1) is 0 Å². The van der Waals surface area contributed by atoms with Crippen molar-refractivity contribution in [1.29, 1.82) is 0 Å². The molecule has 1 aliphatic heterocycles. The molecule has 4 nitrogen and oxygen atoms in total. The van der Waals surface area contributed by atoms with Gasteiger partial charge < -0.3 is 5.11 Å². The van der Waals surface area contributed by atoms with Gasteiger partial charge in [-0.3, -0.25) is 5.43 Å². The third-order valence-corrected chi connectivity index (χ3v) is 2.60. The Morgan fingerprint density at radius 1 is 1.00 bits per heavy atom. The number of carboxylic acid groups (broad SMARTS) is 1. The fourth-order valence-corrected chi connectivity index (χ4v) is 1.62. The Morgan fingerprint density at radius 3 is 2.40 bits per heavy atom. The molecule has 0 aliphatic carbocycles. The van der Waals surface area contributed by atoms with Crippen LogP contribution in [-0.2, 0) is 0 Å². The minimum absolute atomic E-state index is 0.331. The van der Waals surface area contributed by atoms with Crippen LogP contribution in [0.5, 0.6) is 0 Å². The summed E-state index contributed by atoms with van der Waals surface area (Å²) in [7, 11) is 0. The van der Waals surface area contributed by atoms with Crippen LogP contribution in [0.2, 0.25) is 0 Å². The molecule has 2 aromatic rings. The van der Waals surface area contributed by atoms with Crippen molar-refractivity contribution in [1.82, 2.24) is 0 Å². The second-order valence-electron chi connectivity index (χ2n) is 4.01. The Bertz CT molecular complexity index is 634. The number of aromatic carboxylic acids is 1. The van der Waals surface area contributed by atoms with Crippen molar-refractivity contribution in [3.63, 3.8) is 0 Å². The van der Waals surface area contributed by atoms with Gasteiger partial charge in [0.1, 0.15) is 0 Å². The van der Waals surface area contributed by atoms with Crippen LogP contribution < -0.4 is 5.43 Å². The summed E-state index contributed by atoms with van der Waals surface area (Å²) in [5.74, 6) is -0.879. The second kappa shape index (κ2) is 6.89. The van der Waals surface area contributed by atoms with Gasteiger partial charge >= 0.3 is 5.97 Å². The quantitative estimate of drug-likeness (QED) is 0.830. The number of hydrogen-bond acceptors (Lipinski definition) is 3. The third kappa shape index (κ3) is 3.81. The maximum absolute atomic E-state index is 10.2. The van der Waals surface area contributed by atoms with E-state index < -0.39 is 5.97 Å². The molecule has 0 saturated heterocycles. The summed E-state index contributed by atoms with van der Waals surface area (Å²) in [6.07, 6.45) is 5.68. The normalized spacial score (nSPS) is 11.4. The fraction of sp³-hybridized carbons (Fsp3) is 0. The number of hydrazone groups is 1. The van der Waals surface area contributed by atoms with Crippen LogP contribution in [0.3, 0.4) is 0 Å². The van der Waals surface area contributed by atoms with E-state index in [4.69, 9.17) is 5.11 Å². The highest BCUT2D eigenvalue weighted by atomic mass is 16.4. The molecule has 2 aromatic carbocycles. The van der Waals surface area contributed by atoms with E-state index in [1.54, 1.807) is 36.5 Å². The Morgan fingerprint density at radius 2 is 1.70 bits per heavy atom. The molecule has 3 rings (SSSR count). The van der Waals surface area contributed by atoms with Crippen molar-refractivity contribution in [2.24, 2.45) is 5.10 Å². The van der Waals surface area contributed by atoms with Crippen molar-refractivity contribution >= 4 is 23.9 Å². The van der Waals surface area contributed by atoms with Crippen molar-refractivity contribution in [3.8, 4) is 0 Å². The third-order valence-electron chi connectivity index (χ3n) is 2.60. The number of carbonyl (C=O) groups is 1. The highest BCUT2D eigenvalue weighted by Gasteiger charge is 1.97. The first kappa shape index (κ1) is 13.5. The molecule has 0 aromatic heterocycles. The molecule has 100 valence electrons. The van der Waals surface area contributed by atoms with E-state index in [1.165, 1.54) is 5.56 Å². The van der Waals surface area contributed by atoms with Gasteiger partial charge in [-0.15, -0.1) is 0 Å². The summed E-state index contributed by atoms with van der Waals surface area (Å²) in [5.41, 5.74) is 5.49. The van der Waals surface area contributed by atoms with E-state index in [0.29, 0.717) is 5.56 Å². The number of nitrogens with one attached hydrogen (secondary N) is 1. The van der Waals surface area contributed by atoms with Gasteiger partial charge in [0.15, 0.2) is 0 Å². The topological polar surface area (TPSA) is 61.7 Å². The van der Waals surface area contributed by atoms with Crippen LogP contribution in [0.1, 0.15) is 15.9 Å². The number of para-hydroxylation sites is 1. The highest BCUT2D eigenvalue weighted by molar-refractivity contribution is 5.87. The van der Waals surface area contributed by atoms with E-state index in [0.717, 1.165) is 5.69 Å². The molecule has 0 fully saturated rings. The van der Waals surface area contributed by atoms with E-state index in [9.17, 15) is 4.79 Å². The van der Waals surface area contributed by atoms with Gasteiger partial charge in [0.25, 0.3) is 0 Å². The summed E-state index contributed by atoms with van der Waals surface area (Å²) in [6, 6.07) is 16.3. The first-order valence-electron chi connectivity index (χ1n) is 6.10. The van der Waals surface area contributed by atoms with Crippen molar-refractivity contribution < 1.29 is 9.90 Å². The average Bonchev–Trinajstić information content (AvgIpc) is 2.74. The highest BCUT2D eigenvalue weighted by Crippen LogP contribution is 2.17. The zero-order chi connectivity index (χ0) is 14.2. The lowest BCUT2D eigenvalue weighted by Crippen LogP contribution is -1.93. The molecule has 0 atom stereocenters. The lowest BCUT2D eigenvalue weighted by Gasteiger charge is -2.00. The maximum Gasteiger partial charge on any atom is 0.335 e. The Balaban J connectivity index is 0.000000151. The summed E-state index contributed by atoms with van der Waals surface area (Å²) in [6.45, 7) is 0. The minimum atomic E-state index is -0.879. The number of carboxylic acids is 1. The summed E-state index contributed by atoms with van der Waals surface area (Å²) in [5, 5.41) is 12.3. The predicted molar refractivity (Wildman–Crippen MR) is 81.0 cm³/mol. The molecule has 1 aliphatic rings. The molecular weight excluding hydrogens is 252 g/mol. The van der Waals surface area contributed by atoms with Crippen LogP contribution in [0.15, 0.2) is 65.8 Å². The molecular formula is C16H14N2O2. The molecule has 20 heavy (non-hydrogen) atoms. The number of rotatable bonds is 1. The summed E-state index contributed by atoms with van der Waals surface area (Å²) in [4.78, 5) is 10.2. The molecule has 0 amide bonds. The second-order valence-corrected chi connectivity index (χ2v) is 4.01. The minimum Gasteiger partial charge on any atom is -0.478 e.